The van der Waals surface area contributed by atoms with E-state index in [-0.39, 0.29) is 36.9 Å². The molecule has 330 valence electrons. The first kappa shape index (κ1) is 57.0. The van der Waals surface area contributed by atoms with Crippen molar-refractivity contribution in [1.82, 2.24) is 5.32 Å². The average Bonchev–Trinajstić information content (AvgIpc) is 3.00. The van der Waals surface area contributed by atoms with Crippen LogP contribution in [0.2, 0.25) is 65.0 Å². The van der Waals surface area contributed by atoms with Crippen molar-refractivity contribution in [3.63, 3.8) is 0 Å². The van der Waals surface area contributed by atoms with E-state index in [2.05, 4.69) is 71.2 Å². The maximum Gasteiger partial charge on any atom is 0.362 e. The number of hydrogen-bond acceptors (Lipinski definition) is 8. The molecule has 0 aromatic carbocycles. The molecule has 0 fully saturated rings. The molecule has 0 aromatic heterocycles. The predicted molar refractivity (Wildman–Crippen MR) is 235 cm³/mol. The van der Waals surface area contributed by atoms with Crippen LogP contribution in [0.3, 0.4) is 0 Å². The highest BCUT2D eigenvalue weighted by atomic mass is 35.5. The lowest BCUT2D eigenvalue weighted by Crippen LogP contribution is -3.00. The van der Waals surface area contributed by atoms with Crippen LogP contribution in [0.15, 0.2) is 0 Å². The van der Waals surface area contributed by atoms with Crippen LogP contribution in [-0.2, 0) is 36.1 Å². The molecule has 0 rings (SSSR count). The standard InChI is InChI=1S/C40H88N2O8Si4.ClH/c1-14-15-16-17-18-19-20-21-22-23-24-25-26-29-39(43)41-30-27-31-42(3,4)36-40(44)47-38(2)37-46-34-33-45-32-28-35-54(13,49-52(8,9)10)50-53(11,12)48-51(5,6)7;/h38H,14-37H2,1-13H3;1H. The van der Waals surface area contributed by atoms with Crippen LogP contribution in [0.4, 0.5) is 0 Å². The number of unbranched alkanes of at least 4 members (excludes halogenated alkanes) is 12. The number of likely N-dealkylation sites (N-methyl/N-ethyl adjacent to an activating group) is 1. The monoisotopic (exact) mass is 873 g/mol. The van der Waals surface area contributed by atoms with Gasteiger partial charge in [-0.1, -0.05) is 84.0 Å². The third kappa shape index (κ3) is 37.9. The zero-order chi connectivity index (χ0) is 41.2. The molecule has 0 aliphatic heterocycles. The van der Waals surface area contributed by atoms with E-state index >= 15 is 0 Å². The highest BCUT2D eigenvalue weighted by molar-refractivity contribution is 6.89. The molecule has 0 aromatic rings. The predicted octanol–water partition coefficient (Wildman–Crippen LogP) is 6.90. The number of carbonyl (C=O) groups is 2. The van der Waals surface area contributed by atoms with E-state index < -0.39 is 33.8 Å². The number of carbonyl (C=O) groups excluding carboxylic acids is 2. The minimum Gasteiger partial charge on any atom is -1.00 e. The maximum atomic E-state index is 12.6. The number of hydrogen-bond donors (Lipinski definition) is 1. The van der Waals surface area contributed by atoms with Gasteiger partial charge in [-0.25, -0.2) is 4.79 Å². The van der Waals surface area contributed by atoms with Crippen molar-refractivity contribution in [2.24, 2.45) is 0 Å². The van der Waals surface area contributed by atoms with E-state index in [1.807, 2.05) is 21.0 Å². The van der Waals surface area contributed by atoms with Crippen molar-refractivity contribution in [3.05, 3.63) is 0 Å². The summed E-state index contributed by atoms with van der Waals surface area (Å²) in [7, 11) is -4.21. The molecule has 0 saturated heterocycles. The Morgan fingerprint density at radius 2 is 1.15 bits per heavy atom. The van der Waals surface area contributed by atoms with Gasteiger partial charge in [0, 0.05) is 26.0 Å². The summed E-state index contributed by atoms with van der Waals surface area (Å²) in [6, 6.07) is 0.861. The van der Waals surface area contributed by atoms with Gasteiger partial charge >= 0.3 is 23.1 Å². The largest absolute Gasteiger partial charge is 1.00 e. The lowest BCUT2D eigenvalue weighted by atomic mass is 10.0. The van der Waals surface area contributed by atoms with Crippen molar-refractivity contribution in [1.29, 1.82) is 0 Å². The molecule has 0 aliphatic rings. The molecule has 0 heterocycles. The van der Waals surface area contributed by atoms with Crippen LogP contribution in [-0.4, -0.2) is 116 Å². The van der Waals surface area contributed by atoms with Crippen LogP contribution in [0.25, 0.3) is 0 Å². The number of amides is 1. The summed E-state index contributed by atoms with van der Waals surface area (Å²) in [5, 5.41) is 3.06. The second-order valence-electron chi connectivity index (χ2n) is 18.7. The Bertz CT molecular complexity index is 986. The van der Waals surface area contributed by atoms with Crippen LogP contribution < -0.4 is 17.7 Å². The Morgan fingerprint density at radius 3 is 1.67 bits per heavy atom. The zero-order valence-electron chi connectivity index (χ0n) is 38.1. The van der Waals surface area contributed by atoms with Crippen LogP contribution in [0.1, 0.15) is 117 Å². The van der Waals surface area contributed by atoms with Gasteiger partial charge in [-0.15, -0.1) is 0 Å². The number of ether oxygens (including phenoxy) is 3. The lowest BCUT2D eigenvalue weighted by molar-refractivity contribution is -0.883. The van der Waals surface area contributed by atoms with Crippen molar-refractivity contribution in [2.75, 3.05) is 60.2 Å². The fraction of sp³-hybridized carbons (Fsp3) is 0.950. The van der Waals surface area contributed by atoms with Crippen molar-refractivity contribution >= 4 is 45.6 Å². The number of nitrogens with one attached hydrogen (secondary N) is 1. The van der Waals surface area contributed by atoms with E-state index in [0.717, 1.165) is 38.3 Å². The fourth-order valence-electron chi connectivity index (χ4n) is 6.86. The summed E-state index contributed by atoms with van der Waals surface area (Å²) in [6.07, 6.45) is 18.9. The molecule has 2 atom stereocenters. The molecule has 15 heteroatoms. The number of nitrogens with zero attached hydrogens (tertiary/aromatic N) is 1. The summed E-state index contributed by atoms with van der Waals surface area (Å²) in [5.41, 5.74) is 0. The van der Waals surface area contributed by atoms with Crippen LogP contribution in [0, 0.1) is 0 Å². The molecule has 1 N–H and O–H groups in total. The number of quaternary nitrogens is 1. The molecule has 0 aliphatic carbocycles. The van der Waals surface area contributed by atoms with Crippen molar-refractivity contribution in [3.8, 4) is 0 Å². The summed E-state index contributed by atoms with van der Waals surface area (Å²) >= 11 is 0. The second-order valence-corrected chi connectivity index (χ2v) is 35.1. The molecule has 0 saturated carbocycles. The molecule has 55 heavy (non-hydrogen) atoms. The minimum absolute atomic E-state index is 0. The molecular formula is C40H89ClN2O8Si4. The van der Waals surface area contributed by atoms with Gasteiger partial charge < -0.3 is 48.8 Å². The Kier molecular flexibility index (Phi) is 31.9. The van der Waals surface area contributed by atoms with Gasteiger partial charge in [-0.05, 0) is 84.7 Å². The van der Waals surface area contributed by atoms with E-state index in [4.69, 9.17) is 26.6 Å². The van der Waals surface area contributed by atoms with Gasteiger partial charge in [0.05, 0.1) is 40.5 Å². The molecule has 0 spiro atoms. The molecule has 0 bridgehead atoms. The van der Waals surface area contributed by atoms with Gasteiger partial charge in [0.25, 0.3) is 0 Å². The summed E-state index contributed by atoms with van der Waals surface area (Å²) in [6.45, 7) is 27.4. The Labute approximate surface area is 350 Å². The Morgan fingerprint density at radius 1 is 0.636 bits per heavy atom. The lowest BCUT2D eigenvalue weighted by Gasteiger charge is -2.41. The Balaban J connectivity index is 0. The topological polar surface area (TPSA) is 102 Å². The van der Waals surface area contributed by atoms with Gasteiger partial charge in [-0.3, -0.25) is 4.79 Å². The average molecular weight is 874 g/mol. The van der Waals surface area contributed by atoms with Crippen molar-refractivity contribution in [2.45, 2.75) is 188 Å². The van der Waals surface area contributed by atoms with Crippen molar-refractivity contribution < 1.29 is 53.0 Å². The highest BCUT2D eigenvalue weighted by Gasteiger charge is 2.44. The summed E-state index contributed by atoms with van der Waals surface area (Å²) in [5.74, 6) is -0.104. The van der Waals surface area contributed by atoms with E-state index in [1.165, 1.54) is 70.6 Å². The number of halogens is 1. The van der Waals surface area contributed by atoms with E-state index in [1.54, 1.807) is 0 Å². The third-order valence-corrected chi connectivity index (χ3v) is 22.4. The zero-order valence-corrected chi connectivity index (χ0v) is 42.9. The van der Waals surface area contributed by atoms with Crippen LogP contribution in [0.5, 0.6) is 0 Å². The van der Waals surface area contributed by atoms with Gasteiger partial charge in [0.2, 0.25) is 5.91 Å². The van der Waals surface area contributed by atoms with E-state index in [9.17, 15) is 9.59 Å². The van der Waals surface area contributed by atoms with Gasteiger partial charge in [0.1, 0.15) is 6.10 Å². The number of rotatable bonds is 36. The highest BCUT2D eigenvalue weighted by Crippen LogP contribution is 2.27. The first-order valence-corrected chi connectivity index (χ1v) is 33.8. The second kappa shape index (κ2) is 30.8. The maximum absolute atomic E-state index is 12.6. The van der Waals surface area contributed by atoms with Gasteiger partial charge in [-0.2, -0.15) is 0 Å². The minimum atomic E-state index is -2.43. The van der Waals surface area contributed by atoms with Gasteiger partial charge in [0.15, 0.2) is 23.2 Å². The van der Waals surface area contributed by atoms with Crippen LogP contribution >= 0.6 is 0 Å². The quantitative estimate of drug-likeness (QED) is 0.0314. The van der Waals surface area contributed by atoms with E-state index in [0.29, 0.717) is 43.9 Å². The summed E-state index contributed by atoms with van der Waals surface area (Å²) in [4.78, 5) is 24.9. The molecule has 1 amide bonds. The number of esters is 1. The molecule has 10 nitrogen and oxygen atoms in total. The smallest absolute Gasteiger partial charge is 0.362 e. The SMILES string of the molecule is CCCCCCCCCCCCCCCC(=O)NCCC[N+](C)(C)CC(=O)OC(C)COCCOCCC[Si](C)(O[Si](C)(C)C)O[Si](C)(C)O[Si](C)(C)C.[Cl-]. The molecular weight excluding hydrogens is 784 g/mol. The Hall–Kier alpha value is -0.142. The normalized spacial score (nSPS) is 14.3. The molecule has 2 unspecified atom stereocenters. The fourth-order valence-corrected chi connectivity index (χ4v) is 24.8. The first-order valence-electron chi connectivity index (χ1n) is 21.6. The third-order valence-electron chi connectivity index (χ3n) is 8.84. The molecule has 0 radical (unpaired) electrons. The first-order chi connectivity index (χ1) is 25.1. The summed E-state index contributed by atoms with van der Waals surface area (Å²) < 4.78 is 37.6.